The summed E-state index contributed by atoms with van der Waals surface area (Å²) in [6.07, 6.45) is 0.274. The highest BCUT2D eigenvalue weighted by Gasteiger charge is 2.15. The molecule has 0 aliphatic rings. The zero-order valence-corrected chi connectivity index (χ0v) is 13.6. The van der Waals surface area contributed by atoms with Crippen LogP contribution >= 0.6 is 0 Å². The number of rotatable bonds is 9. The van der Waals surface area contributed by atoms with Gasteiger partial charge in [0, 0.05) is 24.6 Å². The summed E-state index contributed by atoms with van der Waals surface area (Å²) in [4.78, 5) is 23.2. The lowest BCUT2D eigenvalue weighted by Gasteiger charge is -2.17. The molecule has 0 aromatic heterocycles. The maximum absolute atomic E-state index is 12.2. The van der Waals surface area contributed by atoms with Crippen LogP contribution in [0.4, 0.5) is 0 Å². The van der Waals surface area contributed by atoms with Gasteiger partial charge >= 0.3 is 5.97 Å². The van der Waals surface area contributed by atoms with Crippen molar-refractivity contribution < 1.29 is 19.4 Å². The average Bonchev–Trinajstić information content (AvgIpc) is 2.61. The summed E-state index contributed by atoms with van der Waals surface area (Å²) in [5.41, 5.74) is 1.52. The van der Waals surface area contributed by atoms with Crippen molar-refractivity contribution in [1.29, 1.82) is 0 Å². The van der Waals surface area contributed by atoms with Gasteiger partial charge in [-0.25, -0.2) is 0 Å². The van der Waals surface area contributed by atoms with Crippen LogP contribution < -0.4 is 10.1 Å². The number of carbonyl (C=O) groups is 2. The van der Waals surface area contributed by atoms with E-state index >= 15 is 0 Å². The zero-order valence-electron chi connectivity index (χ0n) is 13.6. The Hall–Kier alpha value is -2.66. The fourth-order valence-electron chi connectivity index (χ4n) is 2.45. The van der Waals surface area contributed by atoms with E-state index in [1.54, 1.807) is 31.4 Å². The van der Waals surface area contributed by atoms with Gasteiger partial charge in [0.25, 0.3) is 0 Å². The fourth-order valence-corrected chi connectivity index (χ4v) is 2.45. The van der Waals surface area contributed by atoms with Crippen LogP contribution in [0.3, 0.4) is 0 Å². The Morgan fingerprint density at radius 3 is 2.33 bits per heavy atom. The third-order valence-corrected chi connectivity index (χ3v) is 3.74. The summed E-state index contributed by atoms with van der Waals surface area (Å²) in [6.45, 7) is 0.414. The van der Waals surface area contributed by atoms with Gasteiger partial charge in [-0.05, 0) is 29.8 Å². The first-order valence-electron chi connectivity index (χ1n) is 7.77. The first kappa shape index (κ1) is 17.7. The van der Waals surface area contributed by atoms with E-state index in [-0.39, 0.29) is 18.2 Å². The zero-order chi connectivity index (χ0) is 17.4. The molecule has 24 heavy (non-hydrogen) atoms. The molecular weight excluding hydrogens is 306 g/mol. The molecule has 0 saturated carbocycles. The lowest BCUT2D eigenvalue weighted by atomic mass is 10.0. The molecule has 1 unspecified atom stereocenters. The highest BCUT2D eigenvalue weighted by molar-refractivity contribution is 5.96. The predicted octanol–water partition coefficient (Wildman–Crippen LogP) is 3.07. The number of benzene rings is 2. The van der Waals surface area contributed by atoms with E-state index in [0.717, 1.165) is 5.56 Å². The Morgan fingerprint density at radius 2 is 1.75 bits per heavy atom. The van der Waals surface area contributed by atoms with Crippen LogP contribution in [0, 0.1) is 0 Å². The molecule has 2 aromatic rings. The molecule has 126 valence electrons. The predicted molar refractivity (Wildman–Crippen MR) is 91.4 cm³/mol. The molecule has 0 fully saturated rings. The Morgan fingerprint density at radius 1 is 1.08 bits per heavy atom. The van der Waals surface area contributed by atoms with E-state index in [4.69, 9.17) is 9.84 Å². The Kier molecular flexibility index (Phi) is 6.51. The maximum Gasteiger partial charge on any atom is 0.305 e. The van der Waals surface area contributed by atoms with Gasteiger partial charge in [-0.2, -0.15) is 0 Å². The number of ketones is 1. The first-order chi connectivity index (χ1) is 11.6. The second kappa shape index (κ2) is 8.84. The number of carbonyl (C=O) groups excluding carboxylic acids is 1. The van der Waals surface area contributed by atoms with Gasteiger partial charge in [0.1, 0.15) is 5.75 Å². The van der Waals surface area contributed by atoms with Crippen LogP contribution in [0.5, 0.6) is 5.75 Å². The molecule has 2 N–H and O–H groups in total. The van der Waals surface area contributed by atoms with Gasteiger partial charge in [-0.1, -0.05) is 30.3 Å². The van der Waals surface area contributed by atoms with E-state index in [0.29, 0.717) is 24.3 Å². The minimum Gasteiger partial charge on any atom is -0.497 e. The quantitative estimate of drug-likeness (QED) is 0.692. The smallest absolute Gasteiger partial charge is 0.305 e. The molecule has 0 aliphatic carbocycles. The third-order valence-electron chi connectivity index (χ3n) is 3.74. The molecule has 0 spiro atoms. The van der Waals surface area contributed by atoms with E-state index < -0.39 is 5.97 Å². The normalized spacial score (nSPS) is 11.7. The lowest BCUT2D eigenvalue weighted by molar-refractivity contribution is -0.137. The largest absolute Gasteiger partial charge is 0.497 e. The molecule has 1 atom stereocenters. The van der Waals surface area contributed by atoms with Gasteiger partial charge in [-0.15, -0.1) is 0 Å². The number of methoxy groups -OCH3 is 1. The number of carboxylic acids is 1. The summed E-state index contributed by atoms with van der Waals surface area (Å²) >= 11 is 0. The monoisotopic (exact) mass is 327 g/mol. The van der Waals surface area contributed by atoms with E-state index in [9.17, 15) is 9.59 Å². The Balaban J connectivity index is 1.91. The minimum absolute atomic E-state index is 0.00675. The van der Waals surface area contributed by atoms with E-state index in [2.05, 4.69) is 5.32 Å². The highest BCUT2D eigenvalue weighted by atomic mass is 16.5. The van der Waals surface area contributed by atoms with Gasteiger partial charge in [0.2, 0.25) is 0 Å². The summed E-state index contributed by atoms with van der Waals surface area (Å²) in [6, 6.07) is 16.0. The molecule has 5 heteroatoms. The topological polar surface area (TPSA) is 75.6 Å². The molecule has 0 bridgehead atoms. The molecule has 0 heterocycles. The van der Waals surface area contributed by atoms with Gasteiger partial charge < -0.3 is 15.2 Å². The number of aliphatic carboxylic acids is 1. The van der Waals surface area contributed by atoms with Crippen molar-refractivity contribution in [3.63, 3.8) is 0 Å². The fraction of sp³-hybridized carbons (Fsp3) is 0.263. The lowest BCUT2D eigenvalue weighted by Crippen LogP contribution is -2.26. The van der Waals surface area contributed by atoms with Crippen molar-refractivity contribution in [2.24, 2.45) is 0 Å². The number of Topliss-reactive ketones (excluding diaryl/α,β-unsaturated/α-hetero) is 1. The minimum atomic E-state index is -0.877. The summed E-state index contributed by atoms with van der Waals surface area (Å²) in [5, 5.41) is 12.2. The number of ether oxygens (including phenoxy) is 1. The van der Waals surface area contributed by atoms with E-state index in [1.807, 2.05) is 30.3 Å². The second-order valence-electron chi connectivity index (χ2n) is 5.42. The summed E-state index contributed by atoms with van der Waals surface area (Å²) < 4.78 is 5.07. The molecule has 2 aromatic carbocycles. The van der Waals surface area contributed by atoms with Crippen molar-refractivity contribution in [3.05, 3.63) is 65.7 Å². The van der Waals surface area contributed by atoms with Crippen molar-refractivity contribution in [3.8, 4) is 5.75 Å². The van der Waals surface area contributed by atoms with Crippen LogP contribution in [-0.2, 0) is 4.79 Å². The van der Waals surface area contributed by atoms with Crippen LogP contribution in [0.1, 0.15) is 34.8 Å². The van der Waals surface area contributed by atoms with Crippen molar-refractivity contribution in [2.45, 2.75) is 18.9 Å². The number of hydrogen-bond donors (Lipinski definition) is 2. The third kappa shape index (κ3) is 5.21. The second-order valence-corrected chi connectivity index (χ2v) is 5.42. The Bertz CT molecular complexity index is 668. The first-order valence-corrected chi connectivity index (χ1v) is 7.77. The molecule has 2 rings (SSSR count). The molecule has 5 nitrogen and oxygen atoms in total. The standard InChI is InChI=1S/C19H21NO4/c1-24-16-9-7-15(8-10-16)18(21)11-12-20-17(13-19(22)23)14-5-3-2-4-6-14/h2-10,17,20H,11-13H2,1H3,(H,22,23). The Labute approximate surface area is 141 Å². The van der Waals surface area contributed by atoms with Gasteiger partial charge in [0.05, 0.1) is 13.5 Å². The van der Waals surface area contributed by atoms with Gasteiger partial charge in [-0.3, -0.25) is 9.59 Å². The van der Waals surface area contributed by atoms with Crippen molar-refractivity contribution in [2.75, 3.05) is 13.7 Å². The van der Waals surface area contributed by atoms with Crippen molar-refractivity contribution >= 4 is 11.8 Å². The van der Waals surface area contributed by atoms with Crippen molar-refractivity contribution in [1.82, 2.24) is 5.32 Å². The SMILES string of the molecule is COc1ccc(C(=O)CCNC(CC(=O)O)c2ccccc2)cc1. The van der Waals surface area contributed by atoms with Crippen LogP contribution in [-0.4, -0.2) is 30.5 Å². The summed E-state index contributed by atoms with van der Waals surface area (Å²) in [5.74, 6) is -0.166. The van der Waals surface area contributed by atoms with Crippen LogP contribution in [0.2, 0.25) is 0 Å². The molecule has 0 saturated heterocycles. The highest BCUT2D eigenvalue weighted by Crippen LogP contribution is 2.17. The number of carboxylic acid groups (broad SMARTS) is 1. The van der Waals surface area contributed by atoms with Crippen LogP contribution in [0.25, 0.3) is 0 Å². The molecule has 0 amide bonds. The molecular formula is C19H21NO4. The maximum atomic E-state index is 12.2. The van der Waals surface area contributed by atoms with Gasteiger partial charge in [0.15, 0.2) is 5.78 Å². The number of nitrogens with one attached hydrogen (secondary N) is 1. The molecule has 0 aliphatic heterocycles. The average molecular weight is 327 g/mol. The molecule has 0 radical (unpaired) electrons. The number of hydrogen-bond acceptors (Lipinski definition) is 4. The summed E-state index contributed by atoms with van der Waals surface area (Å²) in [7, 11) is 1.58. The van der Waals surface area contributed by atoms with E-state index in [1.165, 1.54) is 0 Å². The van der Waals surface area contributed by atoms with Crippen LogP contribution in [0.15, 0.2) is 54.6 Å².